The molecule has 26 heavy (non-hydrogen) atoms. The van der Waals surface area contributed by atoms with E-state index in [4.69, 9.17) is 8.83 Å². The molecule has 0 atom stereocenters. The predicted octanol–water partition coefficient (Wildman–Crippen LogP) is 4.77. The summed E-state index contributed by atoms with van der Waals surface area (Å²) in [5.74, 6) is 2.64. The van der Waals surface area contributed by atoms with Crippen molar-refractivity contribution in [2.75, 3.05) is 12.3 Å². The largest absolute Gasteiger partial charge is 0.468 e. The van der Waals surface area contributed by atoms with Gasteiger partial charge in [0.2, 0.25) is 5.91 Å². The van der Waals surface area contributed by atoms with Crippen molar-refractivity contribution in [3.63, 3.8) is 0 Å². The van der Waals surface area contributed by atoms with Gasteiger partial charge in [0.1, 0.15) is 11.3 Å². The van der Waals surface area contributed by atoms with Crippen molar-refractivity contribution >= 4 is 39.4 Å². The van der Waals surface area contributed by atoms with E-state index >= 15 is 0 Å². The molecule has 0 radical (unpaired) electrons. The quantitative estimate of drug-likeness (QED) is 0.479. The van der Waals surface area contributed by atoms with E-state index in [1.807, 2.05) is 36.4 Å². The number of fused-ring (bicyclic) bond motifs is 3. The number of rotatable bonds is 7. The summed E-state index contributed by atoms with van der Waals surface area (Å²) in [7, 11) is 0. The lowest BCUT2D eigenvalue weighted by molar-refractivity contribution is -0.120. The van der Waals surface area contributed by atoms with Crippen molar-refractivity contribution in [2.24, 2.45) is 0 Å². The van der Waals surface area contributed by atoms with E-state index in [2.05, 4.69) is 17.4 Å². The van der Waals surface area contributed by atoms with Crippen LogP contribution in [0.15, 0.2) is 69.9 Å². The van der Waals surface area contributed by atoms with E-state index in [0.717, 1.165) is 44.6 Å². The zero-order valence-corrected chi connectivity index (χ0v) is 15.1. The first kappa shape index (κ1) is 16.8. The first-order valence-electron chi connectivity index (χ1n) is 8.56. The number of thioether (sulfide) groups is 1. The van der Waals surface area contributed by atoms with E-state index in [1.54, 1.807) is 24.3 Å². The Morgan fingerprint density at radius 3 is 2.85 bits per heavy atom. The molecule has 1 N–H and O–H groups in total. The Morgan fingerprint density at radius 2 is 1.96 bits per heavy atom. The minimum absolute atomic E-state index is 0.0132. The van der Waals surface area contributed by atoms with Crippen LogP contribution in [0.5, 0.6) is 0 Å². The number of hydrogen-bond donors (Lipinski definition) is 1. The molecule has 0 spiro atoms. The SMILES string of the molecule is O=C(Cc1coc2ccc3ccccc3c12)NCCSCc1ccco1. The summed E-state index contributed by atoms with van der Waals surface area (Å²) in [6.07, 6.45) is 3.70. The maximum Gasteiger partial charge on any atom is 0.224 e. The molecule has 4 nitrogen and oxygen atoms in total. The van der Waals surface area contributed by atoms with Crippen LogP contribution >= 0.6 is 11.8 Å². The molecule has 0 aliphatic carbocycles. The molecule has 0 fully saturated rings. The number of amides is 1. The zero-order chi connectivity index (χ0) is 17.8. The smallest absolute Gasteiger partial charge is 0.224 e. The first-order chi connectivity index (χ1) is 12.8. The van der Waals surface area contributed by atoms with E-state index in [9.17, 15) is 4.79 Å². The van der Waals surface area contributed by atoms with Gasteiger partial charge < -0.3 is 14.2 Å². The van der Waals surface area contributed by atoms with Gasteiger partial charge in [-0.25, -0.2) is 0 Å². The summed E-state index contributed by atoms with van der Waals surface area (Å²) in [5.41, 5.74) is 1.75. The maximum atomic E-state index is 12.3. The van der Waals surface area contributed by atoms with Gasteiger partial charge in [0, 0.05) is 23.2 Å². The highest BCUT2D eigenvalue weighted by molar-refractivity contribution is 7.98. The van der Waals surface area contributed by atoms with Gasteiger partial charge in [-0.05, 0) is 29.0 Å². The van der Waals surface area contributed by atoms with Gasteiger partial charge in [-0.15, -0.1) is 0 Å². The zero-order valence-electron chi connectivity index (χ0n) is 14.2. The van der Waals surface area contributed by atoms with Gasteiger partial charge in [-0.1, -0.05) is 30.3 Å². The molecular weight excluding hydrogens is 346 g/mol. The number of hydrogen-bond acceptors (Lipinski definition) is 4. The standard InChI is InChI=1S/C21H19NO3S/c23-20(22-9-11-26-14-17-5-3-10-24-17)12-16-13-25-19-8-7-15-4-1-2-6-18(15)21(16)19/h1-8,10,13H,9,11-12,14H2,(H,22,23). The number of carbonyl (C=O) groups excluding carboxylic acids is 1. The van der Waals surface area contributed by atoms with E-state index in [1.165, 1.54) is 0 Å². The molecule has 2 aromatic carbocycles. The molecule has 0 bridgehead atoms. The molecule has 132 valence electrons. The second-order valence-electron chi connectivity index (χ2n) is 6.08. The van der Waals surface area contributed by atoms with Gasteiger partial charge in [0.25, 0.3) is 0 Å². The molecule has 0 saturated heterocycles. The summed E-state index contributed by atoms with van der Waals surface area (Å²) < 4.78 is 10.9. The highest BCUT2D eigenvalue weighted by Gasteiger charge is 2.13. The van der Waals surface area contributed by atoms with E-state index in [-0.39, 0.29) is 5.91 Å². The minimum atomic E-state index is 0.0132. The fourth-order valence-corrected chi connectivity index (χ4v) is 3.83. The third-order valence-electron chi connectivity index (χ3n) is 4.28. The summed E-state index contributed by atoms with van der Waals surface area (Å²) in [6, 6.07) is 16.0. The van der Waals surface area contributed by atoms with Crippen LogP contribution in [0.1, 0.15) is 11.3 Å². The number of carbonyl (C=O) groups is 1. The van der Waals surface area contributed by atoms with E-state index in [0.29, 0.717) is 13.0 Å². The number of benzene rings is 2. The summed E-state index contributed by atoms with van der Waals surface area (Å²) in [6.45, 7) is 0.640. The van der Waals surface area contributed by atoms with Crippen LogP contribution in [-0.4, -0.2) is 18.2 Å². The number of nitrogens with one attached hydrogen (secondary N) is 1. The molecular formula is C21H19NO3S. The van der Waals surface area contributed by atoms with Gasteiger partial charge in [0.05, 0.1) is 24.7 Å². The van der Waals surface area contributed by atoms with Crippen molar-refractivity contribution in [2.45, 2.75) is 12.2 Å². The molecule has 0 unspecified atom stereocenters. The molecule has 0 saturated carbocycles. The van der Waals surface area contributed by atoms with Crippen molar-refractivity contribution < 1.29 is 13.6 Å². The molecule has 1 amide bonds. The highest BCUT2D eigenvalue weighted by atomic mass is 32.2. The van der Waals surface area contributed by atoms with Crippen LogP contribution in [0.4, 0.5) is 0 Å². The molecule has 5 heteroatoms. The Balaban J connectivity index is 1.36. The Bertz CT molecular complexity index is 1020. The molecule has 0 aliphatic heterocycles. The first-order valence-corrected chi connectivity index (χ1v) is 9.71. The van der Waals surface area contributed by atoms with Crippen LogP contribution in [0, 0.1) is 0 Å². The van der Waals surface area contributed by atoms with Gasteiger partial charge in [-0.2, -0.15) is 11.8 Å². The lowest BCUT2D eigenvalue weighted by Gasteiger charge is -2.05. The van der Waals surface area contributed by atoms with Crippen molar-refractivity contribution in [3.05, 3.63) is 72.4 Å². The van der Waals surface area contributed by atoms with E-state index < -0.39 is 0 Å². The molecule has 4 rings (SSSR count). The van der Waals surface area contributed by atoms with Crippen LogP contribution in [0.25, 0.3) is 21.7 Å². The Labute approximate surface area is 155 Å². The van der Waals surface area contributed by atoms with Crippen molar-refractivity contribution in [1.82, 2.24) is 5.32 Å². The summed E-state index contributed by atoms with van der Waals surface area (Å²) in [5, 5.41) is 6.29. The van der Waals surface area contributed by atoms with Crippen LogP contribution in [0.3, 0.4) is 0 Å². The molecule has 4 aromatic rings. The van der Waals surface area contributed by atoms with Crippen LogP contribution in [-0.2, 0) is 17.0 Å². The summed E-state index contributed by atoms with van der Waals surface area (Å²) in [4.78, 5) is 12.3. The Hall–Kier alpha value is -2.66. The number of furan rings is 2. The fourth-order valence-electron chi connectivity index (χ4n) is 3.07. The third kappa shape index (κ3) is 3.63. The van der Waals surface area contributed by atoms with Crippen LogP contribution < -0.4 is 5.32 Å². The third-order valence-corrected chi connectivity index (χ3v) is 5.27. The van der Waals surface area contributed by atoms with Crippen molar-refractivity contribution in [3.8, 4) is 0 Å². The Morgan fingerprint density at radius 1 is 1.04 bits per heavy atom. The van der Waals surface area contributed by atoms with Gasteiger partial charge in [-0.3, -0.25) is 4.79 Å². The molecule has 2 heterocycles. The van der Waals surface area contributed by atoms with Gasteiger partial charge >= 0.3 is 0 Å². The lowest BCUT2D eigenvalue weighted by Crippen LogP contribution is -2.27. The molecule has 0 aliphatic rings. The predicted molar refractivity (Wildman–Crippen MR) is 105 cm³/mol. The fraction of sp³-hybridized carbons (Fsp3) is 0.190. The average molecular weight is 365 g/mol. The maximum absolute atomic E-state index is 12.3. The minimum Gasteiger partial charge on any atom is -0.468 e. The van der Waals surface area contributed by atoms with Crippen molar-refractivity contribution in [1.29, 1.82) is 0 Å². The summed E-state index contributed by atoms with van der Waals surface area (Å²) >= 11 is 1.74. The Kier molecular flexibility index (Phi) is 4.97. The highest BCUT2D eigenvalue weighted by Crippen LogP contribution is 2.30. The topological polar surface area (TPSA) is 55.4 Å². The van der Waals surface area contributed by atoms with Gasteiger partial charge in [0.15, 0.2) is 0 Å². The average Bonchev–Trinajstić information content (AvgIpc) is 3.31. The second-order valence-corrected chi connectivity index (χ2v) is 7.18. The van der Waals surface area contributed by atoms with Crippen LogP contribution in [0.2, 0.25) is 0 Å². The second kappa shape index (κ2) is 7.70. The molecule has 2 aromatic heterocycles. The normalized spacial score (nSPS) is 11.2. The lowest BCUT2D eigenvalue weighted by atomic mass is 10.0. The monoisotopic (exact) mass is 365 g/mol.